The fourth-order valence-electron chi connectivity index (χ4n) is 11.1. The van der Waals surface area contributed by atoms with E-state index in [1.165, 1.54) is 20.8 Å². The van der Waals surface area contributed by atoms with Crippen LogP contribution in [0.15, 0.2) is 146 Å². The average molecular weight is 1040 g/mol. The number of carbonyl (C=O) groups excluding carboxylic acids is 3. The molecular formula is C60H55N5O12. The fourth-order valence-corrected chi connectivity index (χ4v) is 11.1. The zero-order valence-electron chi connectivity index (χ0n) is 42.9. The largest absolute Gasteiger partial charge is 0.497 e. The highest BCUT2D eigenvalue weighted by Crippen LogP contribution is 2.50. The van der Waals surface area contributed by atoms with Gasteiger partial charge in [-0.25, -0.2) is 4.98 Å². The third-order valence-electron chi connectivity index (χ3n) is 14.4. The maximum atomic E-state index is 13.2. The van der Waals surface area contributed by atoms with Crippen molar-refractivity contribution in [2.45, 2.75) is 75.6 Å². The number of aliphatic hydroxyl groups is 1. The Labute approximate surface area is 442 Å². The number of carbonyl (C=O) groups is 3. The highest BCUT2D eigenvalue weighted by Gasteiger charge is 2.51. The quantitative estimate of drug-likeness (QED) is 0.0287. The summed E-state index contributed by atoms with van der Waals surface area (Å²) in [4.78, 5) is 53.8. The number of anilines is 1. The first-order valence-corrected chi connectivity index (χ1v) is 25.2. The van der Waals surface area contributed by atoms with E-state index in [2.05, 4.69) is 11.9 Å². The molecule has 2 N–H and O–H groups in total. The minimum absolute atomic E-state index is 0.00896. The number of hydrogen-bond donors (Lipinski definition) is 2. The molecule has 1 saturated heterocycles. The van der Waals surface area contributed by atoms with E-state index in [-0.39, 0.29) is 42.6 Å². The lowest BCUT2D eigenvalue weighted by Crippen LogP contribution is -2.50. The maximum Gasteiger partial charge on any atom is 0.303 e. The number of aromatic nitrogens is 4. The molecule has 17 heteroatoms. The summed E-state index contributed by atoms with van der Waals surface area (Å²) in [5.74, 6) is -0.568. The van der Waals surface area contributed by atoms with Gasteiger partial charge in [0.2, 0.25) is 11.8 Å². The standard InChI is InChI=1S/C60H55N5O12/c1-7-28-72-58-53-57(65(32-61-53)48-30-46(69)47(77-48)31-73-60(39-14-9-8-10-15-39,40-19-23-42(70-5)24-20-40)41-21-25-43(71-6)26-22-41)63-59(64-58)62-52-51-44-27-18-37-13-11-12-36-16-17-38(50(44)49(36)37)29-45(51)54(74-33(2)66)56(76-35(4)68)55(52)75-34(3)67/h7-27,29,32,46-48,52,54-56,69H,1,28,30-31H2,2-6H3,(H,62,63,64)/t46-,47+,48+,52-,54-,55-,56+/m0/s1. The number of ether oxygens (including phenoxy) is 8. The van der Waals surface area contributed by atoms with Crippen LogP contribution in [-0.4, -0.2) is 94.4 Å². The molecule has 2 aliphatic rings. The van der Waals surface area contributed by atoms with Gasteiger partial charge < -0.3 is 48.3 Å². The van der Waals surface area contributed by atoms with E-state index in [0.717, 1.165) is 49.0 Å². The van der Waals surface area contributed by atoms with E-state index in [4.69, 9.17) is 52.8 Å². The predicted molar refractivity (Wildman–Crippen MR) is 286 cm³/mol. The predicted octanol–water partition coefficient (Wildman–Crippen LogP) is 9.60. The second-order valence-corrected chi connectivity index (χ2v) is 19.1. The molecule has 17 nitrogen and oxygen atoms in total. The van der Waals surface area contributed by atoms with Crippen molar-refractivity contribution in [3.63, 3.8) is 0 Å². The summed E-state index contributed by atoms with van der Waals surface area (Å²) in [6.45, 7) is 7.60. The Morgan fingerprint density at radius 2 is 1.38 bits per heavy atom. The van der Waals surface area contributed by atoms with E-state index in [1.807, 2.05) is 127 Å². The second-order valence-electron chi connectivity index (χ2n) is 19.1. The zero-order valence-corrected chi connectivity index (χ0v) is 42.9. The average Bonchev–Trinajstić information content (AvgIpc) is 4.23. The van der Waals surface area contributed by atoms with Gasteiger partial charge in [0.1, 0.15) is 36.0 Å². The van der Waals surface area contributed by atoms with Gasteiger partial charge in [0.15, 0.2) is 29.5 Å². The maximum absolute atomic E-state index is 13.2. The van der Waals surface area contributed by atoms with Gasteiger partial charge in [-0.3, -0.25) is 19.0 Å². The molecule has 1 aliphatic carbocycles. The van der Waals surface area contributed by atoms with Gasteiger partial charge in [0, 0.05) is 32.8 Å². The summed E-state index contributed by atoms with van der Waals surface area (Å²) >= 11 is 0. The molecule has 1 aliphatic heterocycles. The van der Waals surface area contributed by atoms with E-state index < -0.39 is 66.3 Å². The van der Waals surface area contributed by atoms with E-state index >= 15 is 0 Å². The number of esters is 3. The van der Waals surface area contributed by atoms with Crippen LogP contribution >= 0.6 is 0 Å². The third kappa shape index (κ3) is 9.25. The van der Waals surface area contributed by atoms with Crippen LogP contribution in [0.3, 0.4) is 0 Å². The Kier molecular flexibility index (Phi) is 13.7. The molecule has 7 atom stereocenters. The highest BCUT2D eigenvalue weighted by atomic mass is 16.6. The number of fused-ring (bicyclic) bond motifs is 3. The van der Waals surface area contributed by atoms with Crippen molar-refractivity contribution in [1.29, 1.82) is 0 Å². The smallest absolute Gasteiger partial charge is 0.303 e. The molecule has 7 aromatic carbocycles. The normalized spacial score (nSPS) is 20.2. The molecule has 0 unspecified atom stereocenters. The minimum atomic E-state index is -1.33. The number of nitrogens with one attached hydrogen (secondary N) is 1. The molecule has 392 valence electrons. The number of rotatable bonds is 17. The molecular weight excluding hydrogens is 983 g/mol. The van der Waals surface area contributed by atoms with E-state index in [1.54, 1.807) is 31.2 Å². The molecule has 9 aromatic rings. The van der Waals surface area contributed by atoms with Crippen LogP contribution in [0.2, 0.25) is 0 Å². The van der Waals surface area contributed by atoms with Gasteiger partial charge in [-0.2, -0.15) is 9.97 Å². The molecule has 0 spiro atoms. The number of imidazole rings is 1. The van der Waals surface area contributed by atoms with Crippen LogP contribution in [0.5, 0.6) is 17.4 Å². The number of nitrogens with zero attached hydrogens (tertiary/aromatic N) is 4. The lowest BCUT2D eigenvalue weighted by atomic mass is 9.77. The SMILES string of the molecule is C=CCOc1nc(N[C@H]2c3c(cc4ccc5cccc6ccc3c4c56)[C@H](OC(C)=O)[C@@H](OC(C)=O)[C@H]2OC(C)=O)nc2c1ncn2[C@H]1C[C@H](O)[C@@H](COC(c2ccccc2)(c2ccc(OC)cc2)c2ccc(OC)cc2)O1. The van der Waals surface area contributed by atoms with Gasteiger partial charge in [0.05, 0.1) is 39.3 Å². The number of benzene rings is 7. The van der Waals surface area contributed by atoms with Crippen LogP contribution in [0, 0.1) is 0 Å². The van der Waals surface area contributed by atoms with Crippen LogP contribution in [0.1, 0.15) is 73.4 Å². The number of hydrogen-bond acceptors (Lipinski definition) is 16. The van der Waals surface area contributed by atoms with Crippen molar-refractivity contribution in [3.8, 4) is 17.4 Å². The van der Waals surface area contributed by atoms with Crippen LogP contribution in [0.25, 0.3) is 43.5 Å². The van der Waals surface area contributed by atoms with Crippen molar-refractivity contribution in [3.05, 3.63) is 174 Å². The first kappa shape index (κ1) is 50.5. The van der Waals surface area contributed by atoms with Gasteiger partial charge in [-0.1, -0.05) is 110 Å². The zero-order chi connectivity index (χ0) is 53.5. The molecule has 0 amide bonds. The summed E-state index contributed by atoms with van der Waals surface area (Å²) in [6.07, 6.45) is -3.23. The Balaban J connectivity index is 0.998. The molecule has 11 rings (SSSR count). The summed E-state index contributed by atoms with van der Waals surface area (Å²) in [7, 11) is 3.23. The molecule has 0 radical (unpaired) electrons. The van der Waals surface area contributed by atoms with E-state index in [0.29, 0.717) is 22.6 Å². The molecule has 0 bridgehead atoms. The van der Waals surface area contributed by atoms with Gasteiger partial charge >= 0.3 is 17.9 Å². The summed E-state index contributed by atoms with van der Waals surface area (Å²) in [5, 5.41) is 20.9. The number of methoxy groups -OCH3 is 2. The highest BCUT2D eigenvalue weighted by molar-refractivity contribution is 6.24. The molecule has 0 saturated carbocycles. The monoisotopic (exact) mass is 1040 g/mol. The Hall–Kier alpha value is -8.64. The van der Waals surface area contributed by atoms with Crippen molar-refractivity contribution in [2.75, 3.05) is 32.8 Å². The van der Waals surface area contributed by atoms with Crippen molar-refractivity contribution in [1.82, 2.24) is 19.5 Å². The Morgan fingerprint density at radius 3 is 2.01 bits per heavy atom. The molecule has 77 heavy (non-hydrogen) atoms. The molecule has 2 aromatic heterocycles. The third-order valence-corrected chi connectivity index (χ3v) is 14.4. The Morgan fingerprint density at radius 1 is 0.753 bits per heavy atom. The summed E-state index contributed by atoms with van der Waals surface area (Å²) in [5.41, 5.74) is 2.96. The molecule has 3 heterocycles. The van der Waals surface area contributed by atoms with E-state index in [9.17, 15) is 19.5 Å². The van der Waals surface area contributed by atoms with Gasteiger partial charge in [-0.15, -0.1) is 0 Å². The van der Waals surface area contributed by atoms with Crippen molar-refractivity contribution >= 4 is 67.3 Å². The topological polar surface area (TPSA) is 201 Å². The fraction of sp³-hybridized carbons (Fsp3) is 0.267. The summed E-state index contributed by atoms with van der Waals surface area (Å²) in [6, 6.07) is 40.2. The van der Waals surface area contributed by atoms with Crippen LogP contribution in [0.4, 0.5) is 5.95 Å². The van der Waals surface area contributed by atoms with Crippen molar-refractivity contribution in [2.24, 2.45) is 0 Å². The Bertz CT molecular complexity index is 3600. The van der Waals surface area contributed by atoms with Gasteiger partial charge in [-0.05, 0) is 84.9 Å². The minimum Gasteiger partial charge on any atom is -0.497 e. The lowest BCUT2D eigenvalue weighted by Gasteiger charge is -2.43. The second kappa shape index (κ2) is 20.8. The first-order valence-electron chi connectivity index (χ1n) is 25.2. The lowest BCUT2D eigenvalue weighted by molar-refractivity contribution is -0.187. The summed E-state index contributed by atoms with van der Waals surface area (Å²) < 4.78 is 51.0. The van der Waals surface area contributed by atoms with Gasteiger partial charge in [0.25, 0.3) is 0 Å². The molecule has 1 fully saturated rings. The van der Waals surface area contributed by atoms with Crippen LogP contribution in [-0.2, 0) is 43.7 Å². The van der Waals surface area contributed by atoms with Crippen molar-refractivity contribution < 1.29 is 57.4 Å². The first-order chi connectivity index (χ1) is 37.4. The number of aliphatic hydroxyl groups excluding tert-OH is 1. The van der Waals surface area contributed by atoms with Crippen LogP contribution < -0.4 is 19.5 Å².